The van der Waals surface area contributed by atoms with E-state index in [0.717, 1.165) is 9.54 Å². The first-order valence-electron chi connectivity index (χ1n) is 7.60. The molecule has 0 fully saturated rings. The summed E-state index contributed by atoms with van der Waals surface area (Å²) in [7, 11) is -3.87. The Kier molecular flexibility index (Phi) is 4.32. The quantitative estimate of drug-likeness (QED) is 0.543. The second-order valence-corrected chi connectivity index (χ2v) is 7.47. The van der Waals surface area contributed by atoms with Crippen molar-refractivity contribution in [3.8, 4) is 6.07 Å². The van der Waals surface area contributed by atoms with Crippen molar-refractivity contribution in [2.75, 3.05) is 0 Å². The average Bonchev–Trinajstić information content (AvgIpc) is 3.03. The molecule has 0 aliphatic heterocycles. The Morgan fingerprint density at radius 2 is 1.85 bits per heavy atom. The number of hydrogen-bond donors (Lipinski definition) is 2. The first-order valence-corrected chi connectivity index (χ1v) is 9.04. The van der Waals surface area contributed by atoms with E-state index >= 15 is 0 Å². The molecule has 1 heterocycles. The van der Waals surface area contributed by atoms with Gasteiger partial charge in [-0.15, -0.1) is 0 Å². The van der Waals surface area contributed by atoms with Crippen LogP contribution in [0.1, 0.15) is 11.1 Å². The number of aromatic nitrogens is 1. The highest BCUT2D eigenvalue weighted by Gasteiger charge is 2.23. The Morgan fingerprint density at radius 3 is 2.46 bits per heavy atom. The molecule has 0 spiro atoms. The van der Waals surface area contributed by atoms with Crippen LogP contribution in [-0.2, 0) is 10.0 Å². The SMILES string of the molecule is Cc1ccc(S(=O)(=O)n2cc(/C(N=N)=C(/N)C#N)c3ccccc32)cc1. The van der Waals surface area contributed by atoms with E-state index in [1.807, 2.05) is 6.92 Å². The van der Waals surface area contributed by atoms with Crippen LogP contribution in [0.15, 0.2) is 70.4 Å². The summed E-state index contributed by atoms with van der Waals surface area (Å²) in [5, 5.41) is 12.9. The standard InChI is InChI=1S/C18H15N5O2S/c1-12-6-8-13(9-7-12)26(24,25)23-11-15(18(22-21)16(20)10-19)14-4-2-3-5-17(14)23/h2-9,11,21H,20H2,1H3/b18-16-,22-21?. The molecule has 130 valence electrons. The van der Waals surface area contributed by atoms with Crippen LogP contribution in [-0.4, -0.2) is 12.4 Å². The smallest absolute Gasteiger partial charge is 0.268 e. The zero-order valence-electron chi connectivity index (χ0n) is 13.8. The van der Waals surface area contributed by atoms with Crippen molar-refractivity contribution >= 4 is 26.6 Å². The molecule has 0 amide bonds. The van der Waals surface area contributed by atoms with E-state index < -0.39 is 10.0 Å². The number of allylic oxidation sites excluding steroid dienone is 1. The van der Waals surface area contributed by atoms with E-state index in [4.69, 9.17) is 16.5 Å². The third-order valence-electron chi connectivity index (χ3n) is 4.00. The second kappa shape index (κ2) is 6.46. The summed E-state index contributed by atoms with van der Waals surface area (Å²) in [6.45, 7) is 1.87. The van der Waals surface area contributed by atoms with Crippen LogP contribution in [0.5, 0.6) is 0 Å². The van der Waals surface area contributed by atoms with Gasteiger partial charge >= 0.3 is 0 Å². The summed E-state index contributed by atoms with van der Waals surface area (Å²) in [6.07, 6.45) is 1.34. The molecule has 26 heavy (non-hydrogen) atoms. The normalized spacial score (nSPS) is 12.5. The van der Waals surface area contributed by atoms with Crippen LogP contribution < -0.4 is 5.73 Å². The van der Waals surface area contributed by atoms with E-state index in [9.17, 15) is 8.42 Å². The van der Waals surface area contributed by atoms with Gasteiger partial charge in [-0.1, -0.05) is 35.9 Å². The summed E-state index contributed by atoms with van der Waals surface area (Å²) in [6, 6.07) is 15.1. The molecule has 0 bridgehead atoms. The van der Waals surface area contributed by atoms with Gasteiger partial charge in [-0.05, 0) is 25.1 Å². The predicted octanol–water partition coefficient (Wildman–Crippen LogP) is 3.37. The molecule has 0 aliphatic carbocycles. The summed E-state index contributed by atoms with van der Waals surface area (Å²) < 4.78 is 27.3. The van der Waals surface area contributed by atoms with Gasteiger partial charge in [-0.3, -0.25) is 0 Å². The minimum absolute atomic E-state index is 0.0680. The Morgan fingerprint density at radius 1 is 1.19 bits per heavy atom. The zero-order chi connectivity index (χ0) is 18.9. The molecule has 0 saturated carbocycles. The highest BCUT2D eigenvalue weighted by molar-refractivity contribution is 7.90. The largest absolute Gasteiger partial charge is 0.388 e. The second-order valence-electron chi connectivity index (χ2n) is 5.66. The van der Waals surface area contributed by atoms with E-state index in [-0.39, 0.29) is 16.3 Å². The first kappa shape index (κ1) is 17.4. The van der Waals surface area contributed by atoms with Gasteiger partial charge in [0.05, 0.1) is 10.4 Å². The van der Waals surface area contributed by atoms with Crippen LogP contribution in [0.4, 0.5) is 0 Å². The lowest BCUT2D eigenvalue weighted by Crippen LogP contribution is -2.11. The number of aryl methyl sites for hydroxylation is 1. The Labute approximate surface area is 150 Å². The number of hydrogen-bond acceptors (Lipinski definition) is 6. The van der Waals surface area contributed by atoms with Gasteiger partial charge in [0.15, 0.2) is 0 Å². The molecule has 3 rings (SSSR count). The van der Waals surface area contributed by atoms with Crippen LogP contribution in [0.3, 0.4) is 0 Å². The fourth-order valence-corrected chi connectivity index (χ4v) is 4.05. The Bertz CT molecular complexity index is 1180. The molecule has 3 N–H and O–H groups in total. The van der Waals surface area contributed by atoms with Crippen molar-refractivity contribution in [2.45, 2.75) is 11.8 Å². The fourth-order valence-electron chi connectivity index (χ4n) is 2.68. The lowest BCUT2D eigenvalue weighted by Gasteiger charge is -2.07. The van der Waals surface area contributed by atoms with Gasteiger partial charge < -0.3 is 5.73 Å². The number of para-hydroxylation sites is 1. The van der Waals surface area contributed by atoms with Gasteiger partial charge in [0, 0.05) is 17.1 Å². The van der Waals surface area contributed by atoms with Crippen LogP contribution in [0.2, 0.25) is 0 Å². The van der Waals surface area contributed by atoms with Crippen molar-refractivity contribution in [1.29, 1.82) is 10.8 Å². The third kappa shape index (κ3) is 2.74. The molecular weight excluding hydrogens is 350 g/mol. The number of nitrogens with zero attached hydrogens (tertiary/aromatic N) is 3. The molecule has 7 nitrogen and oxygen atoms in total. The number of nitrogens with two attached hydrogens (primary N) is 1. The highest BCUT2D eigenvalue weighted by Crippen LogP contribution is 2.31. The zero-order valence-corrected chi connectivity index (χ0v) is 14.7. The van der Waals surface area contributed by atoms with Crippen molar-refractivity contribution in [1.82, 2.24) is 3.97 Å². The van der Waals surface area contributed by atoms with E-state index in [2.05, 4.69) is 5.11 Å². The van der Waals surface area contributed by atoms with Crippen LogP contribution in [0, 0.1) is 23.8 Å². The minimum Gasteiger partial charge on any atom is -0.388 e. The fraction of sp³-hybridized carbons (Fsp3) is 0.0556. The molecule has 3 aromatic rings. The summed E-state index contributed by atoms with van der Waals surface area (Å²) in [5.41, 5.74) is 14.3. The van der Waals surface area contributed by atoms with E-state index in [1.165, 1.54) is 18.3 Å². The van der Waals surface area contributed by atoms with Crippen molar-refractivity contribution in [2.24, 2.45) is 10.8 Å². The average molecular weight is 365 g/mol. The first-order chi connectivity index (χ1) is 12.4. The number of benzene rings is 2. The summed E-state index contributed by atoms with van der Waals surface area (Å²) in [5.74, 6) is 0. The Balaban J connectivity index is 2.34. The number of nitrogens with one attached hydrogen (secondary N) is 1. The van der Waals surface area contributed by atoms with Crippen LogP contribution in [0.25, 0.3) is 16.6 Å². The number of rotatable bonds is 4. The monoisotopic (exact) mass is 365 g/mol. The molecular formula is C18H15N5O2S. The van der Waals surface area contributed by atoms with Gasteiger partial charge in [0.1, 0.15) is 17.5 Å². The topological polar surface area (TPSA) is 125 Å². The molecule has 0 radical (unpaired) electrons. The van der Waals surface area contributed by atoms with E-state index in [0.29, 0.717) is 16.5 Å². The van der Waals surface area contributed by atoms with Gasteiger partial charge in [-0.2, -0.15) is 10.4 Å². The maximum Gasteiger partial charge on any atom is 0.268 e. The number of fused-ring (bicyclic) bond motifs is 1. The number of nitriles is 1. The molecule has 8 heteroatoms. The maximum absolute atomic E-state index is 13.1. The van der Waals surface area contributed by atoms with E-state index in [1.54, 1.807) is 42.5 Å². The summed E-state index contributed by atoms with van der Waals surface area (Å²) in [4.78, 5) is 0.136. The van der Waals surface area contributed by atoms with Gasteiger partial charge in [0.25, 0.3) is 10.0 Å². The molecule has 0 saturated heterocycles. The third-order valence-corrected chi connectivity index (χ3v) is 5.69. The Hall–Kier alpha value is -3.44. The predicted molar refractivity (Wildman–Crippen MR) is 97.6 cm³/mol. The molecule has 2 aromatic carbocycles. The molecule has 0 unspecified atom stereocenters. The van der Waals surface area contributed by atoms with Gasteiger partial charge in [-0.25, -0.2) is 17.9 Å². The van der Waals surface area contributed by atoms with Gasteiger partial charge in [0.2, 0.25) is 0 Å². The van der Waals surface area contributed by atoms with Crippen LogP contribution >= 0.6 is 0 Å². The summed E-state index contributed by atoms with van der Waals surface area (Å²) >= 11 is 0. The van der Waals surface area contributed by atoms with Crippen molar-refractivity contribution in [3.05, 3.63) is 71.6 Å². The minimum atomic E-state index is -3.87. The molecule has 1 aromatic heterocycles. The lowest BCUT2D eigenvalue weighted by molar-refractivity contribution is 0.589. The molecule has 0 aliphatic rings. The van der Waals surface area contributed by atoms with Crippen molar-refractivity contribution < 1.29 is 8.42 Å². The molecule has 0 atom stereocenters. The van der Waals surface area contributed by atoms with Crippen molar-refractivity contribution in [3.63, 3.8) is 0 Å². The lowest BCUT2D eigenvalue weighted by atomic mass is 10.1. The highest BCUT2D eigenvalue weighted by atomic mass is 32.2. The maximum atomic E-state index is 13.1.